The Bertz CT molecular complexity index is 479. The van der Waals surface area contributed by atoms with Gasteiger partial charge in [0.15, 0.2) is 0 Å². The zero-order valence-corrected chi connectivity index (χ0v) is 13.5. The van der Waals surface area contributed by atoms with Gasteiger partial charge in [0.25, 0.3) is 0 Å². The van der Waals surface area contributed by atoms with Gasteiger partial charge in [0.05, 0.1) is 6.26 Å². The van der Waals surface area contributed by atoms with E-state index in [2.05, 4.69) is 0 Å². The van der Waals surface area contributed by atoms with Gasteiger partial charge in [0.1, 0.15) is 5.60 Å². The van der Waals surface area contributed by atoms with Crippen molar-refractivity contribution in [2.45, 2.75) is 39.2 Å². The average molecular weight is 304 g/mol. The number of carbonyl (C=O) groups is 1. The summed E-state index contributed by atoms with van der Waals surface area (Å²) in [5.41, 5.74) is -0.377. The molecular formula is C13H24N2O4S. The summed E-state index contributed by atoms with van der Waals surface area (Å²) in [4.78, 5) is 13.6. The van der Waals surface area contributed by atoms with Crippen LogP contribution >= 0.6 is 0 Å². The van der Waals surface area contributed by atoms with Gasteiger partial charge in [-0.05, 0) is 33.6 Å². The molecule has 1 amide bonds. The van der Waals surface area contributed by atoms with Crippen molar-refractivity contribution < 1.29 is 17.9 Å². The molecule has 0 aliphatic carbocycles. The maximum Gasteiger partial charge on any atom is 0.410 e. The molecule has 0 N–H and O–H groups in total. The molecule has 2 aliphatic rings. The quantitative estimate of drug-likeness (QED) is 0.732. The summed E-state index contributed by atoms with van der Waals surface area (Å²) in [5, 5.41) is 0. The maximum absolute atomic E-state index is 11.9. The third kappa shape index (κ3) is 3.44. The highest BCUT2D eigenvalue weighted by Gasteiger charge is 2.48. The molecule has 0 aromatic heterocycles. The molecule has 2 saturated heterocycles. The molecule has 0 saturated carbocycles. The smallest absolute Gasteiger partial charge is 0.410 e. The molecule has 7 heteroatoms. The topological polar surface area (TPSA) is 66.9 Å². The number of hydrogen-bond donors (Lipinski definition) is 0. The monoisotopic (exact) mass is 304 g/mol. The molecule has 0 aromatic carbocycles. The Balaban J connectivity index is 1.84. The van der Waals surface area contributed by atoms with E-state index in [-0.39, 0.29) is 11.5 Å². The van der Waals surface area contributed by atoms with Crippen LogP contribution in [0.4, 0.5) is 4.79 Å². The molecular weight excluding hydrogens is 280 g/mol. The number of rotatable bonds is 1. The third-order valence-electron chi connectivity index (χ3n) is 3.96. The Labute approximate surface area is 121 Å². The van der Waals surface area contributed by atoms with E-state index >= 15 is 0 Å². The summed E-state index contributed by atoms with van der Waals surface area (Å²) in [6.07, 6.45) is 2.62. The van der Waals surface area contributed by atoms with Crippen molar-refractivity contribution in [3.05, 3.63) is 0 Å². The van der Waals surface area contributed by atoms with Crippen molar-refractivity contribution in [3.8, 4) is 0 Å². The second kappa shape index (κ2) is 4.87. The zero-order valence-electron chi connectivity index (χ0n) is 12.7. The van der Waals surface area contributed by atoms with Gasteiger partial charge in [-0.15, -0.1) is 0 Å². The molecule has 116 valence electrons. The fourth-order valence-electron chi connectivity index (χ4n) is 2.83. The highest BCUT2D eigenvalue weighted by Crippen LogP contribution is 2.41. The van der Waals surface area contributed by atoms with Crippen LogP contribution in [0.5, 0.6) is 0 Å². The van der Waals surface area contributed by atoms with Crippen LogP contribution in [-0.2, 0) is 14.8 Å². The lowest BCUT2D eigenvalue weighted by atomic mass is 9.72. The van der Waals surface area contributed by atoms with Crippen molar-refractivity contribution in [3.63, 3.8) is 0 Å². The molecule has 0 bridgehead atoms. The van der Waals surface area contributed by atoms with Crippen molar-refractivity contribution in [1.82, 2.24) is 9.21 Å². The molecule has 2 aliphatic heterocycles. The number of carbonyl (C=O) groups excluding carboxylic acids is 1. The van der Waals surface area contributed by atoms with E-state index in [0.717, 1.165) is 12.8 Å². The first kappa shape index (κ1) is 15.6. The number of ether oxygens (including phenoxy) is 1. The molecule has 20 heavy (non-hydrogen) atoms. The summed E-state index contributed by atoms with van der Waals surface area (Å²) in [6.45, 7) is 8.03. The van der Waals surface area contributed by atoms with E-state index in [1.165, 1.54) is 10.6 Å². The van der Waals surface area contributed by atoms with E-state index in [0.29, 0.717) is 26.2 Å². The van der Waals surface area contributed by atoms with Crippen LogP contribution in [0.3, 0.4) is 0 Å². The average Bonchev–Trinajstić information content (AvgIpc) is 2.22. The summed E-state index contributed by atoms with van der Waals surface area (Å²) in [6, 6.07) is 0. The predicted octanol–water partition coefficient (Wildman–Crippen LogP) is 1.28. The lowest BCUT2D eigenvalue weighted by Crippen LogP contribution is -2.62. The van der Waals surface area contributed by atoms with E-state index in [1.807, 2.05) is 20.8 Å². The fourth-order valence-corrected chi connectivity index (χ4v) is 3.67. The van der Waals surface area contributed by atoms with Gasteiger partial charge in [-0.25, -0.2) is 17.5 Å². The Morgan fingerprint density at radius 2 is 1.65 bits per heavy atom. The highest BCUT2D eigenvalue weighted by atomic mass is 32.2. The molecule has 0 atom stereocenters. The Kier molecular flexibility index (Phi) is 3.79. The first-order valence-corrected chi connectivity index (χ1v) is 8.79. The van der Waals surface area contributed by atoms with Gasteiger partial charge >= 0.3 is 6.09 Å². The fraction of sp³-hybridized carbons (Fsp3) is 0.923. The van der Waals surface area contributed by atoms with Crippen LogP contribution in [-0.4, -0.2) is 61.8 Å². The van der Waals surface area contributed by atoms with Gasteiger partial charge in [-0.2, -0.15) is 0 Å². The minimum atomic E-state index is -3.09. The largest absolute Gasteiger partial charge is 0.444 e. The number of piperidine rings is 1. The van der Waals surface area contributed by atoms with Crippen LogP contribution in [0.15, 0.2) is 0 Å². The van der Waals surface area contributed by atoms with Gasteiger partial charge in [-0.1, -0.05) is 0 Å². The molecule has 0 aromatic rings. The van der Waals surface area contributed by atoms with Gasteiger partial charge in [-0.3, -0.25) is 0 Å². The summed E-state index contributed by atoms with van der Waals surface area (Å²) in [5.74, 6) is 0. The normalized spacial score (nSPS) is 23.5. The highest BCUT2D eigenvalue weighted by molar-refractivity contribution is 7.88. The van der Waals surface area contributed by atoms with Gasteiger partial charge < -0.3 is 9.64 Å². The Morgan fingerprint density at radius 3 is 2.05 bits per heavy atom. The molecule has 2 fully saturated rings. The summed E-state index contributed by atoms with van der Waals surface area (Å²) >= 11 is 0. The van der Waals surface area contributed by atoms with Crippen LogP contribution in [0, 0.1) is 5.41 Å². The van der Waals surface area contributed by atoms with E-state index in [9.17, 15) is 13.2 Å². The van der Waals surface area contributed by atoms with E-state index in [1.54, 1.807) is 4.90 Å². The Hall–Kier alpha value is -0.820. The Morgan fingerprint density at radius 1 is 1.15 bits per heavy atom. The SMILES string of the molecule is CC(C)(C)OC(=O)N1CC2(CCN(S(C)(=O)=O)CC2)C1. The van der Waals surface area contributed by atoms with Crippen LogP contribution in [0.2, 0.25) is 0 Å². The second-order valence-electron chi connectivity index (χ2n) is 7.00. The molecule has 0 radical (unpaired) electrons. The summed E-state index contributed by atoms with van der Waals surface area (Å²) < 4.78 is 29.8. The van der Waals surface area contributed by atoms with Gasteiger partial charge in [0, 0.05) is 31.6 Å². The van der Waals surface area contributed by atoms with Crippen LogP contribution < -0.4 is 0 Å². The van der Waals surface area contributed by atoms with Crippen molar-refractivity contribution in [2.75, 3.05) is 32.4 Å². The van der Waals surface area contributed by atoms with E-state index in [4.69, 9.17) is 4.74 Å². The second-order valence-corrected chi connectivity index (χ2v) is 8.98. The number of sulfonamides is 1. The predicted molar refractivity (Wildman–Crippen MR) is 75.9 cm³/mol. The number of hydrogen-bond acceptors (Lipinski definition) is 4. The minimum absolute atomic E-state index is 0.0953. The standard InChI is InChI=1S/C13H24N2O4S/c1-12(2,3)19-11(16)14-9-13(10-14)5-7-15(8-6-13)20(4,17)18/h5-10H2,1-4H3. The van der Waals surface area contributed by atoms with E-state index < -0.39 is 15.6 Å². The van der Waals surface area contributed by atoms with Crippen molar-refractivity contribution in [1.29, 1.82) is 0 Å². The van der Waals surface area contributed by atoms with Crippen molar-refractivity contribution in [2.24, 2.45) is 5.41 Å². The lowest BCUT2D eigenvalue weighted by molar-refractivity contribution is -0.0521. The zero-order chi connectivity index (χ0) is 15.2. The van der Waals surface area contributed by atoms with Gasteiger partial charge in [0.2, 0.25) is 10.0 Å². The molecule has 2 heterocycles. The first-order chi connectivity index (χ1) is 9.01. The third-order valence-corrected chi connectivity index (χ3v) is 5.26. The molecule has 0 unspecified atom stereocenters. The van der Waals surface area contributed by atoms with Crippen LogP contribution in [0.1, 0.15) is 33.6 Å². The summed E-state index contributed by atoms with van der Waals surface area (Å²) in [7, 11) is -3.09. The number of amides is 1. The number of nitrogens with zero attached hydrogens (tertiary/aromatic N) is 2. The maximum atomic E-state index is 11.9. The number of likely N-dealkylation sites (tertiary alicyclic amines) is 1. The minimum Gasteiger partial charge on any atom is -0.444 e. The molecule has 6 nitrogen and oxygen atoms in total. The molecule has 2 rings (SSSR count). The lowest BCUT2D eigenvalue weighted by Gasteiger charge is -2.53. The molecule has 1 spiro atoms. The van der Waals surface area contributed by atoms with Crippen LogP contribution in [0.25, 0.3) is 0 Å². The first-order valence-electron chi connectivity index (χ1n) is 6.94. The van der Waals surface area contributed by atoms with Crippen molar-refractivity contribution >= 4 is 16.1 Å².